The highest BCUT2D eigenvalue weighted by atomic mass is 32.1. The Balaban J connectivity index is 1.75. The Kier molecular flexibility index (Phi) is 4.03. The second-order valence-electron chi connectivity index (χ2n) is 5.72. The molecule has 0 aliphatic heterocycles. The monoisotopic (exact) mass is 348 g/mol. The number of rotatable bonds is 4. The number of fused-ring (bicyclic) bond motifs is 1. The van der Waals surface area contributed by atoms with Gasteiger partial charge in [0.1, 0.15) is 0 Å². The van der Waals surface area contributed by atoms with Gasteiger partial charge in [-0.25, -0.2) is 4.98 Å². The molecule has 2 aromatic heterocycles. The molecule has 0 unspecified atom stereocenters. The number of amides is 1. The molecule has 6 heteroatoms. The summed E-state index contributed by atoms with van der Waals surface area (Å²) in [7, 11) is 1.80. The molecule has 0 N–H and O–H groups in total. The Hall–Kier alpha value is -2.99. The Morgan fingerprint density at radius 1 is 1.08 bits per heavy atom. The number of hydrogen-bond donors (Lipinski definition) is 0. The molecule has 2 aromatic carbocycles. The van der Waals surface area contributed by atoms with Crippen LogP contribution in [0.4, 0.5) is 5.13 Å². The molecule has 4 aromatic rings. The third kappa shape index (κ3) is 3.16. The average molecular weight is 348 g/mol. The molecule has 4 rings (SSSR count). The van der Waals surface area contributed by atoms with E-state index in [0.717, 1.165) is 15.8 Å². The van der Waals surface area contributed by atoms with Crippen LogP contribution in [0, 0.1) is 0 Å². The van der Waals surface area contributed by atoms with Gasteiger partial charge < -0.3 is 0 Å². The number of anilines is 1. The number of carbonyl (C=O) groups is 1. The van der Waals surface area contributed by atoms with Crippen LogP contribution in [-0.4, -0.2) is 20.7 Å². The first-order valence-corrected chi connectivity index (χ1v) is 8.73. The highest BCUT2D eigenvalue weighted by molar-refractivity contribution is 7.22. The van der Waals surface area contributed by atoms with Crippen LogP contribution in [0.25, 0.3) is 10.2 Å². The predicted molar refractivity (Wildman–Crippen MR) is 99.8 cm³/mol. The van der Waals surface area contributed by atoms with Gasteiger partial charge in [-0.05, 0) is 23.8 Å². The molecule has 0 aliphatic carbocycles. The molecule has 0 radical (unpaired) electrons. The smallest absolute Gasteiger partial charge is 0.278 e. The molecule has 124 valence electrons. The average Bonchev–Trinajstić information content (AvgIpc) is 3.26. The van der Waals surface area contributed by atoms with Crippen molar-refractivity contribution in [3.8, 4) is 0 Å². The molecule has 0 aliphatic rings. The number of thiazole rings is 1. The minimum absolute atomic E-state index is 0.150. The highest BCUT2D eigenvalue weighted by Crippen LogP contribution is 2.30. The first kappa shape index (κ1) is 15.5. The summed E-state index contributed by atoms with van der Waals surface area (Å²) in [4.78, 5) is 19.4. The lowest BCUT2D eigenvalue weighted by atomic mass is 10.2. The van der Waals surface area contributed by atoms with Gasteiger partial charge in [-0.2, -0.15) is 5.10 Å². The van der Waals surface area contributed by atoms with Crippen LogP contribution in [0.15, 0.2) is 66.9 Å². The largest absolute Gasteiger partial charge is 0.280 e. The number of nitrogens with zero attached hydrogens (tertiary/aromatic N) is 4. The molecular weight excluding hydrogens is 332 g/mol. The summed E-state index contributed by atoms with van der Waals surface area (Å²) in [6.07, 6.45) is 1.77. The van der Waals surface area contributed by atoms with Crippen LogP contribution < -0.4 is 4.90 Å². The zero-order chi connectivity index (χ0) is 17.2. The van der Waals surface area contributed by atoms with Crippen LogP contribution in [-0.2, 0) is 13.6 Å². The fraction of sp³-hybridized carbons (Fsp3) is 0.105. The first-order valence-electron chi connectivity index (χ1n) is 7.92. The highest BCUT2D eigenvalue weighted by Gasteiger charge is 2.23. The van der Waals surface area contributed by atoms with Gasteiger partial charge >= 0.3 is 0 Å². The minimum atomic E-state index is -0.150. The number of carbonyl (C=O) groups excluding carboxylic acids is 1. The standard InChI is InChI=1S/C19H16N4OS/c1-22-12-11-16(21-22)18(24)23(13-14-7-3-2-4-8-14)19-20-15-9-5-6-10-17(15)25-19/h2-12H,13H2,1H3. The fourth-order valence-electron chi connectivity index (χ4n) is 2.64. The Bertz CT molecular complexity index is 989. The molecule has 5 nitrogen and oxygen atoms in total. The third-order valence-corrected chi connectivity index (χ3v) is 4.93. The second kappa shape index (κ2) is 6.49. The van der Waals surface area contributed by atoms with Crippen LogP contribution in [0.1, 0.15) is 16.1 Å². The van der Waals surface area contributed by atoms with Crippen molar-refractivity contribution in [2.75, 3.05) is 4.90 Å². The molecule has 1 amide bonds. The summed E-state index contributed by atoms with van der Waals surface area (Å²) >= 11 is 1.51. The molecular formula is C19H16N4OS. The lowest BCUT2D eigenvalue weighted by Crippen LogP contribution is -2.30. The molecule has 0 fully saturated rings. The van der Waals surface area contributed by atoms with Crippen molar-refractivity contribution in [3.05, 3.63) is 78.1 Å². The Labute approximate surface area is 149 Å². The van der Waals surface area contributed by atoms with Crippen molar-refractivity contribution >= 4 is 32.6 Å². The maximum absolute atomic E-state index is 13.1. The van der Waals surface area contributed by atoms with E-state index < -0.39 is 0 Å². The lowest BCUT2D eigenvalue weighted by molar-refractivity contribution is 0.0979. The van der Waals surface area contributed by atoms with E-state index in [2.05, 4.69) is 10.1 Å². The second-order valence-corrected chi connectivity index (χ2v) is 6.72. The number of benzene rings is 2. The van der Waals surface area contributed by atoms with E-state index in [0.29, 0.717) is 17.4 Å². The van der Waals surface area contributed by atoms with E-state index in [1.165, 1.54) is 11.3 Å². The van der Waals surface area contributed by atoms with Crippen molar-refractivity contribution in [3.63, 3.8) is 0 Å². The Morgan fingerprint density at radius 2 is 1.84 bits per heavy atom. The molecule has 0 saturated heterocycles. The van der Waals surface area contributed by atoms with Gasteiger partial charge in [0, 0.05) is 13.2 Å². The summed E-state index contributed by atoms with van der Waals surface area (Å²) in [5, 5.41) is 4.94. The van der Waals surface area contributed by atoms with Gasteiger partial charge in [-0.1, -0.05) is 53.8 Å². The van der Waals surface area contributed by atoms with Crippen molar-refractivity contribution < 1.29 is 4.79 Å². The van der Waals surface area contributed by atoms with Crippen molar-refractivity contribution in [2.24, 2.45) is 7.05 Å². The zero-order valence-electron chi connectivity index (χ0n) is 13.7. The topological polar surface area (TPSA) is 51.0 Å². The molecule has 0 saturated carbocycles. The third-order valence-electron chi connectivity index (χ3n) is 3.87. The predicted octanol–water partition coefficient (Wildman–Crippen LogP) is 3.88. The van der Waals surface area contributed by atoms with E-state index >= 15 is 0 Å². The van der Waals surface area contributed by atoms with Crippen molar-refractivity contribution in [1.29, 1.82) is 0 Å². The van der Waals surface area contributed by atoms with Crippen LogP contribution >= 0.6 is 11.3 Å². The fourth-order valence-corrected chi connectivity index (χ4v) is 3.60. The molecule has 0 spiro atoms. The van der Waals surface area contributed by atoms with E-state index in [1.54, 1.807) is 28.9 Å². The number of hydrogen-bond acceptors (Lipinski definition) is 4. The van der Waals surface area contributed by atoms with Crippen molar-refractivity contribution in [2.45, 2.75) is 6.54 Å². The van der Waals surface area contributed by atoms with Crippen LogP contribution in [0.5, 0.6) is 0 Å². The van der Waals surface area contributed by atoms with Crippen LogP contribution in [0.2, 0.25) is 0 Å². The van der Waals surface area contributed by atoms with E-state index in [9.17, 15) is 4.79 Å². The molecule has 0 bridgehead atoms. The van der Waals surface area contributed by atoms with E-state index in [4.69, 9.17) is 0 Å². The quantitative estimate of drug-likeness (QED) is 0.562. The normalized spacial score (nSPS) is 10.9. The van der Waals surface area contributed by atoms with Gasteiger partial charge in [0.15, 0.2) is 10.8 Å². The van der Waals surface area contributed by atoms with Gasteiger partial charge in [0.2, 0.25) is 0 Å². The van der Waals surface area contributed by atoms with Gasteiger partial charge in [0.05, 0.1) is 16.8 Å². The zero-order valence-corrected chi connectivity index (χ0v) is 14.5. The number of para-hydroxylation sites is 1. The molecule has 2 heterocycles. The summed E-state index contributed by atoms with van der Waals surface area (Å²) in [6, 6.07) is 19.6. The van der Waals surface area contributed by atoms with E-state index in [-0.39, 0.29) is 5.91 Å². The molecule has 0 atom stereocenters. The summed E-state index contributed by atoms with van der Waals surface area (Å²) < 4.78 is 2.69. The number of aryl methyl sites for hydroxylation is 1. The minimum Gasteiger partial charge on any atom is -0.278 e. The summed E-state index contributed by atoms with van der Waals surface area (Å²) in [6.45, 7) is 0.454. The van der Waals surface area contributed by atoms with Crippen LogP contribution in [0.3, 0.4) is 0 Å². The SMILES string of the molecule is Cn1ccc(C(=O)N(Cc2ccccc2)c2nc3ccccc3s2)n1. The summed E-state index contributed by atoms with van der Waals surface area (Å²) in [5.74, 6) is -0.150. The van der Waals surface area contributed by atoms with Gasteiger partial charge in [0.25, 0.3) is 5.91 Å². The maximum Gasteiger partial charge on any atom is 0.280 e. The maximum atomic E-state index is 13.1. The van der Waals surface area contributed by atoms with E-state index in [1.807, 2.05) is 54.6 Å². The Morgan fingerprint density at radius 3 is 2.56 bits per heavy atom. The lowest BCUT2D eigenvalue weighted by Gasteiger charge is -2.19. The van der Waals surface area contributed by atoms with Crippen molar-refractivity contribution in [1.82, 2.24) is 14.8 Å². The van der Waals surface area contributed by atoms with Gasteiger partial charge in [-0.15, -0.1) is 0 Å². The summed E-state index contributed by atoms with van der Waals surface area (Å²) in [5.41, 5.74) is 2.36. The first-order chi connectivity index (χ1) is 12.2. The van der Waals surface area contributed by atoms with Gasteiger partial charge in [-0.3, -0.25) is 14.4 Å². The molecule has 25 heavy (non-hydrogen) atoms. The number of aromatic nitrogens is 3.